The van der Waals surface area contributed by atoms with Gasteiger partial charge in [0.2, 0.25) is 0 Å². The first kappa shape index (κ1) is 11.6. The SMILES string of the molecule is COc1ccc2nc(-c3cc(F)ccc3F)[nH]c2c1. The van der Waals surface area contributed by atoms with Gasteiger partial charge in [-0.3, -0.25) is 0 Å². The summed E-state index contributed by atoms with van der Waals surface area (Å²) in [6, 6.07) is 8.54. The molecule has 3 nitrogen and oxygen atoms in total. The fourth-order valence-corrected chi connectivity index (χ4v) is 1.92. The number of aromatic amines is 1. The number of H-pyrrole nitrogens is 1. The number of rotatable bonds is 2. The van der Waals surface area contributed by atoms with Crippen molar-refractivity contribution in [2.45, 2.75) is 0 Å². The van der Waals surface area contributed by atoms with Crippen LogP contribution in [-0.2, 0) is 0 Å². The molecule has 0 atom stereocenters. The van der Waals surface area contributed by atoms with Gasteiger partial charge in [0.15, 0.2) is 0 Å². The van der Waals surface area contributed by atoms with Crippen LogP contribution in [0.1, 0.15) is 0 Å². The molecule has 2 aromatic carbocycles. The lowest BCUT2D eigenvalue weighted by Gasteiger charge is -1.98. The van der Waals surface area contributed by atoms with Gasteiger partial charge in [0.25, 0.3) is 0 Å². The second-order valence-corrected chi connectivity index (χ2v) is 4.09. The average Bonchev–Trinajstić information content (AvgIpc) is 2.83. The summed E-state index contributed by atoms with van der Waals surface area (Å²) < 4.78 is 32.0. The molecule has 3 aromatic rings. The number of aromatic nitrogens is 2. The third-order valence-corrected chi connectivity index (χ3v) is 2.87. The van der Waals surface area contributed by atoms with Crippen molar-refractivity contribution in [1.82, 2.24) is 9.97 Å². The molecule has 1 N–H and O–H groups in total. The Labute approximate surface area is 107 Å². The van der Waals surface area contributed by atoms with Crippen molar-refractivity contribution in [1.29, 1.82) is 0 Å². The summed E-state index contributed by atoms with van der Waals surface area (Å²) in [5.74, 6) is -0.0653. The quantitative estimate of drug-likeness (QED) is 0.765. The van der Waals surface area contributed by atoms with Gasteiger partial charge < -0.3 is 9.72 Å². The minimum Gasteiger partial charge on any atom is -0.497 e. The van der Waals surface area contributed by atoms with Crippen LogP contribution in [0.15, 0.2) is 36.4 Å². The molecular formula is C14H10F2N2O. The number of ether oxygens (including phenoxy) is 1. The standard InChI is InChI=1S/C14H10F2N2O/c1-19-9-3-5-12-13(7-9)18-14(17-12)10-6-8(15)2-4-11(10)16/h2-7H,1H3,(H,17,18). The highest BCUT2D eigenvalue weighted by molar-refractivity contribution is 5.80. The lowest BCUT2D eigenvalue weighted by atomic mass is 10.2. The predicted octanol–water partition coefficient (Wildman–Crippen LogP) is 3.52. The Bertz CT molecular complexity index is 752. The van der Waals surface area contributed by atoms with E-state index < -0.39 is 11.6 Å². The van der Waals surface area contributed by atoms with E-state index in [9.17, 15) is 8.78 Å². The average molecular weight is 260 g/mol. The number of benzene rings is 2. The van der Waals surface area contributed by atoms with E-state index in [0.29, 0.717) is 22.6 Å². The maximum atomic E-state index is 13.7. The summed E-state index contributed by atoms with van der Waals surface area (Å²) in [6.07, 6.45) is 0. The van der Waals surface area contributed by atoms with Crippen LogP contribution in [0.5, 0.6) is 5.75 Å². The van der Waals surface area contributed by atoms with Gasteiger partial charge >= 0.3 is 0 Å². The third-order valence-electron chi connectivity index (χ3n) is 2.87. The fraction of sp³-hybridized carbons (Fsp3) is 0.0714. The smallest absolute Gasteiger partial charge is 0.141 e. The molecule has 0 fully saturated rings. The highest BCUT2D eigenvalue weighted by Crippen LogP contribution is 2.25. The van der Waals surface area contributed by atoms with Crippen LogP contribution in [0.3, 0.4) is 0 Å². The summed E-state index contributed by atoms with van der Waals surface area (Å²) in [6.45, 7) is 0. The maximum absolute atomic E-state index is 13.7. The van der Waals surface area contributed by atoms with Crippen molar-refractivity contribution in [2.75, 3.05) is 7.11 Å². The molecule has 0 unspecified atom stereocenters. The molecule has 0 amide bonds. The normalized spacial score (nSPS) is 10.9. The Kier molecular flexibility index (Phi) is 2.67. The molecule has 0 saturated heterocycles. The molecule has 0 aliphatic heterocycles. The lowest BCUT2D eigenvalue weighted by molar-refractivity contribution is 0.415. The first-order valence-electron chi connectivity index (χ1n) is 5.66. The summed E-state index contributed by atoms with van der Waals surface area (Å²) in [5, 5.41) is 0. The zero-order chi connectivity index (χ0) is 13.4. The molecule has 0 radical (unpaired) electrons. The van der Waals surface area contributed by atoms with Crippen LogP contribution in [0.2, 0.25) is 0 Å². The number of nitrogens with zero attached hydrogens (tertiary/aromatic N) is 1. The largest absolute Gasteiger partial charge is 0.497 e. The topological polar surface area (TPSA) is 37.9 Å². The number of fused-ring (bicyclic) bond motifs is 1. The molecule has 0 saturated carbocycles. The van der Waals surface area contributed by atoms with Crippen molar-refractivity contribution in [3.8, 4) is 17.1 Å². The van der Waals surface area contributed by atoms with Gasteiger partial charge in [0.05, 0.1) is 23.7 Å². The number of halogens is 2. The minimum absolute atomic E-state index is 0.107. The first-order chi connectivity index (χ1) is 9.17. The van der Waals surface area contributed by atoms with Crippen molar-refractivity contribution in [3.05, 3.63) is 48.0 Å². The van der Waals surface area contributed by atoms with E-state index in [2.05, 4.69) is 9.97 Å². The van der Waals surface area contributed by atoms with Gasteiger partial charge in [-0.25, -0.2) is 13.8 Å². The van der Waals surface area contributed by atoms with Crippen molar-refractivity contribution in [3.63, 3.8) is 0 Å². The number of methoxy groups -OCH3 is 1. The molecule has 3 rings (SSSR count). The van der Waals surface area contributed by atoms with Gasteiger partial charge in [-0.1, -0.05) is 0 Å². The van der Waals surface area contributed by atoms with Crippen molar-refractivity contribution >= 4 is 11.0 Å². The molecule has 96 valence electrons. The molecular weight excluding hydrogens is 250 g/mol. The van der Waals surface area contributed by atoms with E-state index in [1.54, 1.807) is 25.3 Å². The van der Waals surface area contributed by atoms with Gasteiger partial charge in [0.1, 0.15) is 23.2 Å². The van der Waals surface area contributed by atoms with E-state index in [1.165, 1.54) is 0 Å². The van der Waals surface area contributed by atoms with Crippen molar-refractivity contribution < 1.29 is 13.5 Å². The first-order valence-corrected chi connectivity index (χ1v) is 5.66. The molecule has 1 heterocycles. The van der Waals surface area contributed by atoms with E-state index in [1.807, 2.05) is 0 Å². The molecule has 0 spiro atoms. The summed E-state index contributed by atoms with van der Waals surface area (Å²) in [4.78, 5) is 7.20. The molecule has 0 aliphatic carbocycles. The van der Waals surface area contributed by atoms with E-state index in [-0.39, 0.29) is 5.56 Å². The maximum Gasteiger partial charge on any atom is 0.141 e. The van der Waals surface area contributed by atoms with E-state index in [4.69, 9.17) is 4.74 Å². The summed E-state index contributed by atoms with van der Waals surface area (Å²) in [5.41, 5.74) is 1.48. The lowest BCUT2D eigenvalue weighted by Crippen LogP contribution is -1.87. The van der Waals surface area contributed by atoms with Crippen LogP contribution >= 0.6 is 0 Å². The number of hydrogen-bond donors (Lipinski definition) is 1. The van der Waals surface area contributed by atoms with Gasteiger partial charge in [0, 0.05) is 6.07 Å². The summed E-state index contributed by atoms with van der Waals surface area (Å²) >= 11 is 0. The van der Waals surface area contributed by atoms with Crippen LogP contribution in [0.25, 0.3) is 22.4 Å². The number of imidazole rings is 1. The molecule has 5 heteroatoms. The Hall–Kier alpha value is -2.43. The Morgan fingerprint density at radius 1 is 1.11 bits per heavy atom. The molecule has 1 aromatic heterocycles. The van der Waals surface area contributed by atoms with Gasteiger partial charge in [-0.05, 0) is 30.3 Å². The summed E-state index contributed by atoms with van der Waals surface area (Å²) in [7, 11) is 1.56. The zero-order valence-electron chi connectivity index (χ0n) is 10.1. The minimum atomic E-state index is -0.521. The Morgan fingerprint density at radius 2 is 1.95 bits per heavy atom. The van der Waals surface area contributed by atoms with Crippen LogP contribution < -0.4 is 4.74 Å². The van der Waals surface area contributed by atoms with Crippen LogP contribution in [0, 0.1) is 11.6 Å². The van der Waals surface area contributed by atoms with Gasteiger partial charge in [-0.2, -0.15) is 0 Å². The molecule has 0 bridgehead atoms. The van der Waals surface area contributed by atoms with Crippen molar-refractivity contribution in [2.24, 2.45) is 0 Å². The molecule has 19 heavy (non-hydrogen) atoms. The second kappa shape index (κ2) is 4.35. The Morgan fingerprint density at radius 3 is 2.74 bits per heavy atom. The monoisotopic (exact) mass is 260 g/mol. The van der Waals surface area contributed by atoms with Gasteiger partial charge in [-0.15, -0.1) is 0 Å². The van der Waals surface area contributed by atoms with E-state index >= 15 is 0 Å². The third kappa shape index (κ3) is 2.03. The highest BCUT2D eigenvalue weighted by Gasteiger charge is 2.11. The second-order valence-electron chi connectivity index (χ2n) is 4.09. The highest BCUT2D eigenvalue weighted by atomic mass is 19.1. The predicted molar refractivity (Wildman–Crippen MR) is 68.0 cm³/mol. The van der Waals surface area contributed by atoms with Crippen LogP contribution in [0.4, 0.5) is 8.78 Å². The fourth-order valence-electron chi connectivity index (χ4n) is 1.92. The number of nitrogens with one attached hydrogen (secondary N) is 1. The molecule has 0 aliphatic rings. The van der Waals surface area contributed by atoms with Crippen LogP contribution in [-0.4, -0.2) is 17.1 Å². The Balaban J connectivity index is 2.17. The van der Waals surface area contributed by atoms with E-state index in [0.717, 1.165) is 18.2 Å². The number of hydrogen-bond acceptors (Lipinski definition) is 2. The zero-order valence-corrected chi connectivity index (χ0v) is 10.1.